The van der Waals surface area contributed by atoms with Gasteiger partial charge in [-0.3, -0.25) is 4.79 Å². The quantitative estimate of drug-likeness (QED) is 0.487. The molecule has 1 aliphatic heterocycles. The lowest BCUT2D eigenvalue weighted by Crippen LogP contribution is -2.44. The molecule has 5 heteroatoms. The van der Waals surface area contributed by atoms with Crippen molar-refractivity contribution in [1.29, 1.82) is 0 Å². The lowest BCUT2D eigenvalue weighted by Gasteiger charge is -2.31. The van der Waals surface area contributed by atoms with E-state index in [9.17, 15) is 4.79 Å². The standard InChI is InChI=1S/C13H16ClN3O/c1-13(2)10-4-3-9(17-11(15)6-14)5-8(10)7-16-12(13)18/h3-5H,6-7H2,1-2H3,(H2,15,17)(H,16,18). The van der Waals surface area contributed by atoms with Gasteiger partial charge in [-0.05, 0) is 37.1 Å². The largest absolute Gasteiger partial charge is 0.386 e. The van der Waals surface area contributed by atoms with E-state index in [1.165, 1.54) is 0 Å². The number of carbonyl (C=O) groups is 1. The van der Waals surface area contributed by atoms with Crippen LogP contribution in [0.3, 0.4) is 0 Å². The van der Waals surface area contributed by atoms with Crippen LogP contribution >= 0.6 is 11.6 Å². The number of nitrogens with zero attached hydrogens (tertiary/aromatic N) is 1. The normalized spacial score (nSPS) is 18.2. The minimum absolute atomic E-state index is 0.0477. The number of hydrogen-bond acceptors (Lipinski definition) is 2. The Hall–Kier alpha value is -1.55. The molecular formula is C13H16ClN3O. The van der Waals surface area contributed by atoms with Crippen molar-refractivity contribution in [2.45, 2.75) is 25.8 Å². The van der Waals surface area contributed by atoms with E-state index < -0.39 is 5.41 Å². The van der Waals surface area contributed by atoms with Gasteiger partial charge in [0.25, 0.3) is 0 Å². The fraction of sp³-hybridized carbons (Fsp3) is 0.385. The molecule has 0 saturated heterocycles. The predicted molar refractivity (Wildman–Crippen MR) is 73.3 cm³/mol. The van der Waals surface area contributed by atoms with Gasteiger partial charge in [-0.2, -0.15) is 0 Å². The number of aliphatic imine (C=N–C) groups is 1. The van der Waals surface area contributed by atoms with Crippen molar-refractivity contribution in [1.82, 2.24) is 5.32 Å². The zero-order valence-electron chi connectivity index (χ0n) is 10.5. The van der Waals surface area contributed by atoms with Gasteiger partial charge in [0, 0.05) is 6.54 Å². The Bertz CT molecular complexity index is 523. The van der Waals surface area contributed by atoms with Crippen molar-refractivity contribution in [2.24, 2.45) is 10.7 Å². The zero-order chi connectivity index (χ0) is 13.3. The highest BCUT2D eigenvalue weighted by atomic mass is 35.5. The summed E-state index contributed by atoms with van der Waals surface area (Å²) in [6.07, 6.45) is 0. The van der Waals surface area contributed by atoms with Gasteiger partial charge in [-0.25, -0.2) is 4.99 Å². The summed E-state index contributed by atoms with van der Waals surface area (Å²) in [4.78, 5) is 16.0. The summed E-state index contributed by atoms with van der Waals surface area (Å²) in [5.74, 6) is 0.640. The summed E-state index contributed by atoms with van der Waals surface area (Å²) in [5, 5.41) is 2.88. The van der Waals surface area contributed by atoms with Crippen LogP contribution in [-0.2, 0) is 16.8 Å². The lowest BCUT2D eigenvalue weighted by molar-refractivity contribution is -0.126. The molecule has 3 N–H and O–H groups in total. The van der Waals surface area contributed by atoms with E-state index in [1.54, 1.807) is 0 Å². The van der Waals surface area contributed by atoms with Crippen LogP contribution in [0.2, 0.25) is 0 Å². The maximum absolute atomic E-state index is 11.8. The Morgan fingerprint density at radius 1 is 1.56 bits per heavy atom. The Balaban J connectivity index is 2.43. The van der Waals surface area contributed by atoms with Crippen molar-refractivity contribution in [3.63, 3.8) is 0 Å². The van der Waals surface area contributed by atoms with Gasteiger partial charge >= 0.3 is 0 Å². The number of nitrogens with one attached hydrogen (secondary N) is 1. The average Bonchev–Trinajstić information content (AvgIpc) is 2.34. The monoisotopic (exact) mass is 265 g/mol. The minimum Gasteiger partial charge on any atom is -0.386 e. The van der Waals surface area contributed by atoms with Crippen LogP contribution in [0.5, 0.6) is 0 Å². The Labute approximate surface area is 111 Å². The Kier molecular flexibility index (Phi) is 3.30. The summed E-state index contributed by atoms with van der Waals surface area (Å²) in [6.45, 7) is 4.36. The summed E-state index contributed by atoms with van der Waals surface area (Å²) < 4.78 is 0. The van der Waals surface area contributed by atoms with Gasteiger partial charge in [0.2, 0.25) is 5.91 Å². The fourth-order valence-electron chi connectivity index (χ4n) is 2.12. The number of halogens is 1. The summed E-state index contributed by atoms with van der Waals surface area (Å²) in [7, 11) is 0. The summed E-state index contributed by atoms with van der Waals surface area (Å²) in [5.41, 5.74) is 7.97. The first kappa shape index (κ1) is 12.9. The van der Waals surface area contributed by atoms with E-state index in [0.29, 0.717) is 12.4 Å². The van der Waals surface area contributed by atoms with E-state index in [-0.39, 0.29) is 11.8 Å². The summed E-state index contributed by atoms with van der Waals surface area (Å²) >= 11 is 5.60. The van der Waals surface area contributed by atoms with Gasteiger partial charge in [-0.15, -0.1) is 11.6 Å². The first-order valence-corrected chi connectivity index (χ1v) is 6.29. The van der Waals surface area contributed by atoms with Crippen molar-refractivity contribution in [3.05, 3.63) is 29.3 Å². The maximum atomic E-state index is 11.8. The van der Waals surface area contributed by atoms with Crippen LogP contribution in [0.4, 0.5) is 5.69 Å². The SMILES string of the molecule is CC1(C)C(=O)NCc2cc(N=C(N)CCl)ccc21. The predicted octanol–water partition coefficient (Wildman–Crippen LogP) is 1.82. The Morgan fingerprint density at radius 2 is 2.28 bits per heavy atom. The van der Waals surface area contributed by atoms with E-state index in [0.717, 1.165) is 16.8 Å². The second kappa shape index (κ2) is 4.61. The number of alkyl halides is 1. The number of nitrogens with two attached hydrogens (primary N) is 1. The molecule has 0 unspecified atom stereocenters. The van der Waals surface area contributed by atoms with Gasteiger partial charge in [-0.1, -0.05) is 6.07 Å². The molecule has 0 fully saturated rings. The molecule has 4 nitrogen and oxygen atoms in total. The summed E-state index contributed by atoms with van der Waals surface area (Å²) in [6, 6.07) is 5.74. The molecule has 1 aromatic carbocycles. The highest BCUT2D eigenvalue weighted by Gasteiger charge is 2.35. The highest BCUT2D eigenvalue weighted by Crippen LogP contribution is 2.32. The molecule has 96 valence electrons. The number of benzene rings is 1. The molecule has 18 heavy (non-hydrogen) atoms. The van der Waals surface area contributed by atoms with Crippen LogP contribution in [0.25, 0.3) is 0 Å². The van der Waals surface area contributed by atoms with Crippen molar-refractivity contribution in [3.8, 4) is 0 Å². The Morgan fingerprint density at radius 3 is 2.94 bits per heavy atom. The third-order valence-corrected chi connectivity index (χ3v) is 3.45. The van der Waals surface area contributed by atoms with E-state index in [1.807, 2.05) is 32.0 Å². The first-order valence-electron chi connectivity index (χ1n) is 5.76. The van der Waals surface area contributed by atoms with Gasteiger partial charge < -0.3 is 11.1 Å². The van der Waals surface area contributed by atoms with E-state index >= 15 is 0 Å². The number of fused-ring (bicyclic) bond motifs is 1. The van der Waals surface area contributed by atoms with Crippen molar-refractivity contribution in [2.75, 3.05) is 5.88 Å². The molecule has 0 bridgehead atoms. The molecular weight excluding hydrogens is 250 g/mol. The van der Waals surface area contributed by atoms with Crippen LogP contribution in [-0.4, -0.2) is 17.6 Å². The lowest BCUT2D eigenvalue weighted by atomic mass is 9.78. The number of rotatable bonds is 2. The van der Waals surface area contributed by atoms with Gasteiger partial charge in [0.15, 0.2) is 0 Å². The molecule has 1 amide bonds. The maximum Gasteiger partial charge on any atom is 0.230 e. The van der Waals surface area contributed by atoms with Gasteiger partial charge in [0.05, 0.1) is 17.0 Å². The molecule has 0 aliphatic carbocycles. The smallest absolute Gasteiger partial charge is 0.230 e. The van der Waals surface area contributed by atoms with Crippen molar-refractivity contribution < 1.29 is 4.79 Å². The van der Waals surface area contributed by atoms with Crippen LogP contribution in [0.1, 0.15) is 25.0 Å². The number of amides is 1. The molecule has 1 heterocycles. The minimum atomic E-state index is -0.506. The second-order valence-electron chi connectivity index (χ2n) is 4.89. The van der Waals surface area contributed by atoms with Gasteiger partial charge in [0.1, 0.15) is 5.84 Å². The molecule has 0 atom stereocenters. The molecule has 1 aliphatic rings. The zero-order valence-corrected chi connectivity index (χ0v) is 11.2. The third-order valence-electron chi connectivity index (χ3n) is 3.18. The molecule has 0 radical (unpaired) electrons. The van der Waals surface area contributed by atoms with E-state index in [2.05, 4.69) is 10.3 Å². The molecule has 1 aromatic rings. The number of amidine groups is 1. The molecule has 0 spiro atoms. The van der Waals surface area contributed by atoms with E-state index in [4.69, 9.17) is 17.3 Å². The van der Waals surface area contributed by atoms with Crippen LogP contribution in [0, 0.1) is 0 Å². The van der Waals surface area contributed by atoms with Crippen molar-refractivity contribution >= 4 is 29.0 Å². The van der Waals surface area contributed by atoms with Crippen LogP contribution < -0.4 is 11.1 Å². The molecule has 2 rings (SSSR count). The first-order chi connectivity index (χ1) is 8.45. The fourth-order valence-corrected chi connectivity index (χ4v) is 2.18. The topological polar surface area (TPSA) is 67.5 Å². The molecule has 0 aromatic heterocycles. The number of hydrogen-bond donors (Lipinski definition) is 2. The van der Waals surface area contributed by atoms with Crippen LogP contribution in [0.15, 0.2) is 23.2 Å². The average molecular weight is 266 g/mol. The third kappa shape index (κ3) is 2.20. The second-order valence-corrected chi connectivity index (χ2v) is 5.15. The number of carbonyl (C=O) groups excluding carboxylic acids is 1. The molecule has 0 saturated carbocycles. The highest BCUT2D eigenvalue weighted by molar-refractivity contribution is 6.28.